The Morgan fingerprint density at radius 1 is 1.20 bits per heavy atom. The first-order chi connectivity index (χ1) is 6.62. The molecule has 0 aliphatic heterocycles. The van der Waals surface area contributed by atoms with Gasteiger partial charge in [-0.05, 0) is 29.5 Å². The maximum absolute atomic E-state index is 11.2. The molecule has 0 aliphatic rings. The molecular weight excluding hydrogens is 232 g/mol. The third-order valence-electron chi connectivity index (χ3n) is 2.30. The summed E-state index contributed by atoms with van der Waals surface area (Å²) >= 11 is 0. The third kappa shape index (κ3) is 2.95. The lowest BCUT2D eigenvalue weighted by atomic mass is 9.86. The summed E-state index contributed by atoms with van der Waals surface area (Å²) in [6.45, 7) is 7.99. The summed E-state index contributed by atoms with van der Waals surface area (Å²) in [6, 6.07) is 5.25. The normalized spacial score (nSPS) is 12.9. The topological polar surface area (TPSA) is 34.1 Å². The van der Waals surface area contributed by atoms with E-state index < -0.39 is 9.05 Å². The number of aryl methyl sites for hydroxylation is 1. The standard InChI is InChI=1S/C11H15ClO2S/c1-8-7-9(11(2,3)4)5-6-10(8)15(12,13)14/h5-7H,1-4H3. The van der Waals surface area contributed by atoms with Gasteiger partial charge in [-0.15, -0.1) is 0 Å². The van der Waals surface area contributed by atoms with E-state index >= 15 is 0 Å². The number of rotatable bonds is 1. The number of halogens is 1. The second kappa shape index (κ2) is 3.80. The van der Waals surface area contributed by atoms with Crippen LogP contribution in [0.15, 0.2) is 23.1 Å². The van der Waals surface area contributed by atoms with Crippen LogP contribution in [0.25, 0.3) is 0 Å². The molecule has 0 atom stereocenters. The summed E-state index contributed by atoms with van der Waals surface area (Å²) < 4.78 is 22.4. The minimum absolute atomic E-state index is 0.0133. The molecule has 0 aromatic heterocycles. The van der Waals surface area contributed by atoms with Crippen molar-refractivity contribution in [1.29, 1.82) is 0 Å². The van der Waals surface area contributed by atoms with Crippen molar-refractivity contribution in [2.45, 2.75) is 38.0 Å². The first kappa shape index (κ1) is 12.5. The van der Waals surface area contributed by atoms with Crippen molar-refractivity contribution >= 4 is 19.7 Å². The van der Waals surface area contributed by atoms with Crippen LogP contribution in [0.3, 0.4) is 0 Å². The molecule has 0 radical (unpaired) electrons. The van der Waals surface area contributed by atoms with Gasteiger partial charge in [-0.25, -0.2) is 8.42 Å². The number of hydrogen-bond acceptors (Lipinski definition) is 2. The SMILES string of the molecule is Cc1cc(C(C)(C)C)ccc1S(=O)(=O)Cl. The number of benzene rings is 1. The highest BCUT2D eigenvalue weighted by Gasteiger charge is 2.18. The van der Waals surface area contributed by atoms with Gasteiger partial charge in [-0.2, -0.15) is 0 Å². The average molecular weight is 247 g/mol. The largest absolute Gasteiger partial charge is 0.261 e. The molecule has 1 aromatic rings. The Kier molecular flexibility index (Phi) is 3.17. The molecule has 0 bridgehead atoms. The Balaban J connectivity index is 3.34. The fourth-order valence-corrected chi connectivity index (χ4v) is 2.58. The van der Waals surface area contributed by atoms with Gasteiger partial charge in [0.1, 0.15) is 0 Å². The lowest BCUT2D eigenvalue weighted by Crippen LogP contribution is -2.11. The predicted octanol–water partition coefficient (Wildman–Crippen LogP) is 3.22. The summed E-state index contributed by atoms with van der Waals surface area (Å²) in [5.74, 6) is 0. The number of hydrogen-bond donors (Lipinski definition) is 0. The lowest BCUT2D eigenvalue weighted by molar-refractivity contribution is 0.587. The Bertz CT molecular complexity index is 470. The van der Waals surface area contributed by atoms with Crippen LogP contribution < -0.4 is 0 Å². The highest BCUT2D eigenvalue weighted by molar-refractivity contribution is 8.13. The van der Waals surface area contributed by atoms with Crippen molar-refractivity contribution in [3.63, 3.8) is 0 Å². The maximum Gasteiger partial charge on any atom is 0.261 e. The first-order valence-electron chi connectivity index (χ1n) is 4.68. The summed E-state index contributed by atoms with van der Waals surface area (Å²) in [6.07, 6.45) is 0. The van der Waals surface area contributed by atoms with Crippen LogP contribution in [-0.2, 0) is 14.5 Å². The molecule has 0 spiro atoms. The molecule has 0 heterocycles. The highest BCUT2D eigenvalue weighted by atomic mass is 35.7. The second-order valence-corrected chi connectivity index (χ2v) is 7.20. The van der Waals surface area contributed by atoms with Crippen LogP contribution in [0.5, 0.6) is 0 Å². The minimum atomic E-state index is -3.62. The van der Waals surface area contributed by atoms with E-state index in [9.17, 15) is 8.42 Å². The van der Waals surface area contributed by atoms with Gasteiger partial charge in [0.15, 0.2) is 0 Å². The molecule has 2 nitrogen and oxygen atoms in total. The van der Waals surface area contributed by atoms with E-state index in [-0.39, 0.29) is 10.3 Å². The van der Waals surface area contributed by atoms with Gasteiger partial charge < -0.3 is 0 Å². The lowest BCUT2D eigenvalue weighted by Gasteiger charge is -2.20. The fourth-order valence-electron chi connectivity index (χ4n) is 1.39. The van der Waals surface area contributed by atoms with Gasteiger partial charge in [-0.3, -0.25) is 0 Å². The summed E-state index contributed by atoms with van der Waals surface area (Å²) in [5, 5.41) is 0. The van der Waals surface area contributed by atoms with Crippen LogP contribution in [0, 0.1) is 6.92 Å². The van der Waals surface area contributed by atoms with E-state index in [2.05, 4.69) is 20.8 Å². The van der Waals surface area contributed by atoms with E-state index in [1.807, 2.05) is 12.1 Å². The van der Waals surface area contributed by atoms with Gasteiger partial charge in [0.05, 0.1) is 4.90 Å². The van der Waals surface area contributed by atoms with Crippen molar-refractivity contribution in [3.05, 3.63) is 29.3 Å². The van der Waals surface area contributed by atoms with Crippen molar-refractivity contribution in [1.82, 2.24) is 0 Å². The molecule has 0 aliphatic carbocycles. The second-order valence-electron chi connectivity index (χ2n) is 4.67. The third-order valence-corrected chi connectivity index (χ3v) is 3.79. The summed E-state index contributed by atoms with van der Waals surface area (Å²) in [5.41, 5.74) is 1.81. The van der Waals surface area contributed by atoms with Gasteiger partial charge in [0.2, 0.25) is 0 Å². The molecular formula is C11H15ClO2S. The molecule has 0 N–H and O–H groups in total. The van der Waals surface area contributed by atoms with Crippen LogP contribution in [-0.4, -0.2) is 8.42 Å². The van der Waals surface area contributed by atoms with Crippen LogP contribution in [0.2, 0.25) is 0 Å². The molecule has 15 heavy (non-hydrogen) atoms. The maximum atomic E-state index is 11.2. The zero-order valence-corrected chi connectivity index (χ0v) is 10.9. The minimum Gasteiger partial charge on any atom is -0.207 e. The van der Waals surface area contributed by atoms with Gasteiger partial charge in [0, 0.05) is 10.7 Å². The smallest absolute Gasteiger partial charge is 0.207 e. The molecule has 0 amide bonds. The zero-order chi connectivity index (χ0) is 11.9. The summed E-state index contributed by atoms with van der Waals surface area (Å²) in [7, 11) is 1.68. The Morgan fingerprint density at radius 2 is 1.73 bits per heavy atom. The van der Waals surface area contributed by atoms with Crippen LogP contribution in [0.4, 0.5) is 0 Å². The van der Waals surface area contributed by atoms with Gasteiger partial charge in [-0.1, -0.05) is 32.9 Å². The van der Waals surface area contributed by atoms with Crippen molar-refractivity contribution in [2.24, 2.45) is 0 Å². The summed E-state index contributed by atoms with van der Waals surface area (Å²) in [4.78, 5) is 0.192. The van der Waals surface area contributed by atoms with Crippen molar-refractivity contribution < 1.29 is 8.42 Å². The van der Waals surface area contributed by atoms with E-state index in [4.69, 9.17) is 10.7 Å². The Hall–Kier alpha value is -0.540. The van der Waals surface area contributed by atoms with Crippen molar-refractivity contribution in [3.8, 4) is 0 Å². The molecule has 1 aromatic carbocycles. The molecule has 0 fully saturated rings. The van der Waals surface area contributed by atoms with Crippen molar-refractivity contribution in [2.75, 3.05) is 0 Å². The van der Waals surface area contributed by atoms with Gasteiger partial charge >= 0.3 is 0 Å². The molecule has 4 heteroatoms. The van der Waals surface area contributed by atoms with Crippen LogP contribution in [0.1, 0.15) is 31.9 Å². The monoisotopic (exact) mass is 246 g/mol. The highest BCUT2D eigenvalue weighted by Crippen LogP contribution is 2.27. The molecule has 0 saturated carbocycles. The fraction of sp³-hybridized carbons (Fsp3) is 0.455. The Labute approximate surface area is 95.7 Å². The van der Waals surface area contributed by atoms with Crippen LogP contribution >= 0.6 is 10.7 Å². The molecule has 1 rings (SSSR count). The molecule has 0 unspecified atom stereocenters. The first-order valence-corrected chi connectivity index (χ1v) is 6.99. The van der Waals surface area contributed by atoms with Gasteiger partial charge in [0.25, 0.3) is 9.05 Å². The van der Waals surface area contributed by atoms with E-state index in [1.54, 1.807) is 13.0 Å². The van der Waals surface area contributed by atoms with E-state index in [0.717, 1.165) is 5.56 Å². The molecule has 84 valence electrons. The van der Waals surface area contributed by atoms with E-state index in [1.165, 1.54) is 0 Å². The predicted molar refractivity (Wildman–Crippen MR) is 62.9 cm³/mol. The molecule has 0 saturated heterocycles. The zero-order valence-electron chi connectivity index (χ0n) is 9.33. The Morgan fingerprint density at radius 3 is 2.07 bits per heavy atom. The quantitative estimate of drug-likeness (QED) is 0.713. The average Bonchev–Trinajstić information content (AvgIpc) is 1.99. The van der Waals surface area contributed by atoms with E-state index in [0.29, 0.717) is 5.56 Å².